The summed E-state index contributed by atoms with van der Waals surface area (Å²) in [7, 11) is 3.76. The molecule has 0 aliphatic carbocycles. The Kier molecular flexibility index (Phi) is 16.5. The van der Waals surface area contributed by atoms with Crippen LogP contribution >= 0.6 is 0 Å². The van der Waals surface area contributed by atoms with Crippen LogP contribution in [0.1, 0.15) is 94.1 Å². The first kappa shape index (κ1) is 49.2. The molecule has 3 fully saturated rings. The number of fused-ring (bicyclic) bond motifs is 2. The van der Waals surface area contributed by atoms with Crippen molar-refractivity contribution in [2.45, 2.75) is 142 Å². The van der Waals surface area contributed by atoms with E-state index in [0.717, 1.165) is 29.6 Å². The van der Waals surface area contributed by atoms with Crippen molar-refractivity contribution in [1.82, 2.24) is 19.7 Å². The molecule has 0 bridgehead atoms. The lowest BCUT2D eigenvalue weighted by atomic mass is 9.73. The van der Waals surface area contributed by atoms with Crippen LogP contribution in [-0.2, 0) is 38.1 Å². The number of amides is 1. The first-order valence-electron chi connectivity index (χ1n) is 22.6. The highest BCUT2D eigenvalue weighted by molar-refractivity contribution is 6.00. The second-order valence-corrected chi connectivity index (χ2v) is 18.4. The van der Waals surface area contributed by atoms with Gasteiger partial charge in [0.05, 0.1) is 36.0 Å². The number of cyclic esters (lactones) is 1. The van der Waals surface area contributed by atoms with Gasteiger partial charge in [-0.3, -0.25) is 24.3 Å². The number of carbonyl (C=O) groups is 4. The van der Waals surface area contributed by atoms with Gasteiger partial charge in [0.1, 0.15) is 23.9 Å². The quantitative estimate of drug-likeness (QED) is 0.181. The fraction of sp³-hybridized carbons (Fsp3) is 0.688. The average Bonchev–Trinajstić information content (AvgIpc) is 3.51. The summed E-state index contributed by atoms with van der Waals surface area (Å²) >= 11 is 0. The van der Waals surface area contributed by atoms with Crippen molar-refractivity contribution < 1.29 is 48.0 Å². The number of aliphatic hydroxyl groups excluding tert-OH is 1. The molecule has 0 radical (unpaired) electrons. The number of ether oxygens (including phenoxy) is 5. The van der Waals surface area contributed by atoms with Crippen molar-refractivity contribution in [1.29, 1.82) is 0 Å². The summed E-state index contributed by atoms with van der Waals surface area (Å²) in [4.78, 5) is 68.0. The van der Waals surface area contributed by atoms with Crippen molar-refractivity contribution in [3.8, 4) is 0 Å². The van der Waals surface area contributed by atoms with Crippen LogP contribution in [0.25, 0.3) is 17.0 Å². The topological polar surface area (TPSA) is 157 Å². The molecule has 62 heavy (non-hydrogen) atoms. The first-order valence-corrected chi connectivity index (χ1v) is 22.6. The molecule has 344 valence electrons. The van der Waals surface area contributed by atoms with Gasteiger partial charge in [-0.2, -0.15) is 0 Å². The number of nitrogens with zero attached hydrogens (tertiary/aromatic N) is 4. The van der Waals surface area contributed by atoms with Crippen LogP contribution in [0.4, 0.5) is 4.79 Å². The lowest BCUT2D eigenvalue weighted by molar-refractivity contribution is -0.296. The number of rotatable bonds is 13. The minimum Gasteiger partial charge on any atom is -0.458 e. The van der Waals surface area contributed by atoms with E-state index >= 15 is 4.79 Å². The molecule has 0 saturated carbocycles. The maximum absolute atomic E-state index is 15.0. The van der Waals surface area contributed by atoms with E-state index in [1.54, 1.807) is 24.9 Å². The predicted molar refractivity (Wildman–Crippen MR) is 237 cm³/mol. The third kappa shape index (κ3) is 10.6. The van der Waals surface area contributed by atoms with Gasteiger partial charge in [-0.25, -0.2) is 4.79 Å². The van der Waals surface area contributed by atoms with E-state index in [4.69, 9.17) is 23.7 Å². The summed E-state index contributed by atoms with van der Waals surface area (Å²) in [5, 5.41) is 12.7. The van der Waals surface area contributed by atoms with Crippen molar-refractivity contribution in [3.05, 3.63) is 48.2 Å². The van der Waals surface area contributed by atoms with Crippen LogP contribution in [-0.4, -0.2) is 149 Å². The maximum atomic E-state index is 15.0. The first-order chi connectivity index (χ1) is 29.3. The molecule has 2 aromatic rings. The summed E-state index contributed by atoms with van der Waals surface area (Å²) in [6.07, 6.45) is 1.25. The highest BCUT2D eigenvalue weighted by Crippen LogP contribution is 2.43. The van der Waals surface area contributed by atoms with Gasteiger partial charge in [0, 0.05) is 48.5 Å². The molecular weight excluding hydrogens is 793 g/mol. The lowest BCUT2D eigenvalue weighted by Crippen LogP contribution is -2.60. The Hall–Kier alpha value is -3.79. The van der Waals surface area contributed by atoms with E-state index in [1.807, 2.05) is 96.1 Å². The number of ketones is 2. The Morgan fingerprint density at radius 3 is 2.34 bits per heavy atom. The fourth-order valence-electron chi connectivity index (χ4n) is 10.0. The molecule has 5 rings (SSSR count). The van der Waals surface area contributed by atoms with Crippen molar-refractivity contribution in [3.63, 3.8) is 0 Å². The van der Waals surface area contributed by atoms with Gasteiger partial charge < -0.3 is 38.6 Å². The average molecular weight is 865 g/mol. The van der Waals surface area contributed by atoms with E-state index in [-0.39, 0.29) is 37.4 Å². The molecule has 14 heteroatoms. The van der Waals surface area contributed by atoms with E-state index < -0.39 is 83.4 Å². The summed E-state index contributed by atoms with van der Waals surface area (Å²) in [6.45, 7) is 20.7. The van der Waals surface area contributed by atoms with Gasteiger partial charge in [-0.05, 0) is 91.8 Å². The number of Topliss-reactive ketones (excluding diaryl/α,β-unsaturated/α-hetero) is 2. The van der Waals surface area contributed by atoms with Gasteiger partial charge in [0.15, 0.2) is 17.7 Å². The smallest absolute Gasteiger partial charge is 0.410 e. The highest BCUT2D eigenvalue weighted by Gasteiger charge is 2.60. The third-order valence-corrected chi connectivity index (χ3v) is 13.7. The number of aliphatic hydroxyl groups is 1. The normalized spacial score (nSPS) is 35.4. The van der Waals surface area contributed by atoms with E-state index in [0.29, 0.717) is 19.5 Å². The zero-order valence-corrected chi connectivity index (χ0v) is 39.0. The zero-order chi connectivity index (χ0) is 45.7. The SMILES string of the molecule is CC[C@H]1OC(=O)[C@H](C)C(=O)[C@H](C)[C@@H](O[C@@H]2O[C@H](C)C[C@H](N(C)C)[C@H]2O)[C@](C)(OC/C=C/c2cnc3ccccc3c2)C[C@@H](C)C(=O)[C@H](C)[C@H]2N(CCN(CC)CC)C(=O)O[C@]12C. The Balaban J connectivity index is 1.59. The number of likely N-dealkylation sites (N-methyl/N-ethyl adjacent to an activating group) is 2. The van der Waals surface area contributed by atoms with Gasteiger partial charge in [0.25, 0.3) is 0 Å². The predicted octanol–water partition coefficient (Wildman–Crippen LogP) is 6.16. The van der Waals surface area contributed by atoms with Gasteiger partial charge in [-0.1, -0.05) is 71.9 Å². The van der Waals surface area contributed by atoms with Gasteiger partial charge in [0.2, 0.25) is 0 Å². The second-order valence-electron chi connectivity index (χ2n) is 18.4. The number of carbonyl (C=O) groups excluding carboxylic acids is 4. The van der Waals surface area contributed by atoms with Gasteiger partial charge in [-0.15, -0.1) is 0 Å². The van der Waals surface area contributed by atoms with Crippen LogP contribution in [0.3, 0.4) is 0 Å². The molecule has 0 unspecified atom stereocenters. The molecular formula is C48H72N4O10. The summed E-state index contributed by atoms with van der Waals surface area (Å²) in [5.74, 6) is -5.11. The highest BCUT2D eigenvalue weighted by atomic mass is 16.7. The summed E-state index contributed by atoms with van der Waals surface area (Å²) in [5.41, 5.74) is -1.04. The molecule has 3 aliphatic heterocycles. The Morgan fingerprint density at radius 2 is 1.68 bits per heavy atom. The third-order valence-electron chi connectivity index (χ3n) is 13.7. The van der Waals surface area contributed by atoms with Crippen molar-refractivity contribution in [2.24, 2.45) is 23.7 Å². The van der Waals surface area contributed by atoms with Crippen LogP contribution in [0.2, 0.25) is 0 Å². The molecule has 4 heterocycles. The van der Waals surface area contributed by atoms with Crippen LogP contribution < -0.4 is 0 Å². The summed E-state index contributed by atoms with van der Waals surface area (Å²) in [6, 6.07) is 8.77. The molecule has 3 saturated heterocycles. The molecule has 13 atom stereocenters. The largest absolute Gasteiger partial charge is 0.458 e. The Bertz CT molecular complexity index is 1910. The lowest BCUT2D eigenvalue weighted by Gasteiger charge is -2.47. The van der Waals surface area contributed by atoms with E-state index in [2.05, 4.69) is 23.7 Å². The standard InChI is InChI=1S/C48H72N4O10/c1-13-38-48(10)42(52(46(57)62-48)23-22-51(14-2)15-3)31(6)39(53)29(4)27-47(9,58-24-18-19-34-26-35-20-16-17-21-36(35)49-28-34)43(32(7)40(54)33(8)44(56)60-38)61-45-41(55)37(50(11)12)25-30(5)59-45/h16-21,26,28-33,37-38,41-43,45,55H,13-15,22-25,27H2,1-12H3/b19-18+/t29-,30-,31+,32+,33-,37+,38-,41-,42-,43-,45+,47-,48-/m1/s1. The maximum Gasteiger partial charge on any atom is 0.410 e. The molecule has 0 spiro atoms. The number of benzene rings is 1. The summed E-state index contributed by atoms with van der Waals surface area (Å²) < 4.78 is 32.3. The van der Waals surface area contributed by atoms with E-state index in [9.17, 15) is 19.5 Å². The van der Waals surface area contributed by atoms with Crippen LogP contribution in [0, 0.1) is 23.7 Å². The zero-order valence-electron chi connectivity index (χ0n) is 39.0. The number of esters is 1. The number of aromatic nitrogens is 1. The minimum absolute atomic E-state index is 0.0588. The van der Waals surface area contributed by atoms with Crippen LogP contribution in [0.15, 0.2) is 42.6 Å². The molecule has 1 amide bonds. The molecule has 1 aromatic heterocycles. The Morgan fingerprint density at radius 1 is 0.984 bits per heavy atom. The molecule has 1 aromatic carbocycles. The van der Waals surface area contributed by atoms with Crippen molar-refractivity contribution >= 4 is 40.6 Å². The molecule has 14 nitrogen and oxygen atoms in total. The number of hydrogen-bond donors (Lipinski definition) is 1. The van der Waals surface area contributed by atoms with Gasteiger partial charge >= 0.3 is 12.1 Å². The monoisotopic (exact) mass is 865 g/mol. The molecule has 1 N–H and O–H groups in total. The fourth-order valence-corrected chi connectivity index (χ4v) is 10.0. The van der Waals surface area contributed by atoms with E-state index in [1.165, 1.54) is 6.92 Å². The second kappa shape index (κ2) is 20.8. The minimum atomic E-state index is -1.40. The number of para-hydroxylation sites is 1. The molecule has 3 aliphatic rings. The van der Waals surface area contributed by atoms with Crippen LogP contribution in [0.5, 0.6) is 0 Å². The Labute approximate surface area is 368 Å². The van der Waals surface area contributed by atoms with Crippen molar-refractivity contribution in [2.75, 3.05) is 46.9 Å². The number of pyridine rings is 1. The number of hydrogen-bond acceptors (Lipinski definition) is 13.